The molecule has 194 valence electrons. The molecule has 0 saturated carbocycles. The third kappa shape index (κ3) is 4.42. The highest BCUT2D eigenvalue weighted by Gasteiger charge is 2.33. The minimum absolute atomic E-state index is 0.458. The van der Waals surface area contributed by atoms with Crippen molar-refractivity contribution in [2.75, 3.05) is 18.8 Å². The summed E-state index contributed by atoms with van der Waals surface area (Å²) in [5.41, 5.74) is 14.4. The number of nitrogen functional groups attached to an aromatic ring is 1. The Balaban J connectivity index is 0.00000129. The molecule has 3 saturated heterocycles. The number of allylic oxidation sites excluding steroid dienone is 4. The van der Waals surface area contributed by atoms with Crippen LogP contribution >= 0.6 is 0 Å². The maximum absolute atomic E-state index is 6.29. The topological polar surface area (TPSA) is 84.9 Å². The van der Waals surface area contributed by atoms with Crippen molar-refractivity contribution >= 4 is 22.6 Å². The maximum atomic E-state index is 6.29. The smallest absolute Gasteiger partial charge is 0.165 e. The number of piperidine rings is 2. The number of hydrogen-bond donors (Lipinski definition) is 2. The summed E-state index contributed by atoms with van der Waals surface area (Å²) < 4.78 is 2.11. The fraction of sp³-hybridized carbons (Fsp3) is 0.323. The summed E-state index contributed by atoms with van der Waals surface area (Å²) in [7, 11) is 0. The summed E-state index contributed by atoms with van der Waals surface area (Å²) in [4.78, 5) is 16.9. The molecule has 4 aliphatic rings. The molecule has 0 amide bonds. The number of aromatic nitrogens is 4. The number of piperazine rings is 1. The molecule has 2 bridgehead atoms. The molecule has 0 radical (unpaired) electrons. The molecule has 8 rings (SSSR count). The van der Waals surface area contributed by atoms with E-state index in [-0.39, 0.29) is 0 Å². The Morgan fingerprint density at radius 2 is 1.82 bits per heavy atom. The molecular weight excluding hydrogens is 470 g/mol. The first kappa shape index (κ1) is 24.5. The van der Waals surface area contributed by atoms with Gasteiger partial charge in [-0.05, 0) is 79.5 Å². The number of benzene rings is 1. The lowest BCUT2D eigenvalue weighted by Crippen LogP contribution is -2.60. The second kappa shape index (κ2) is 10.2. The lowest BCUT2D eigenvalue weighted by Gasteiger charge is -2.46. The second-order valence-corrected chi connectivity index (χ2v) is 10.2. The highest BCUT2D eigenvalue weighted by atomic mass is 15.2. The first-order valence-corrected chi connectivity index (χ1v) is 13.7. The summed E-state index contributed by atoms with van der Waals surface area (Å²) in [6.07, 6.45) is 8.62. The Labute approximate surface area is 224 Å². The van der Waals surface area contributed by atoms with Gasteiger partial charge >= 0.3 is 0 Å². The van der Waals surface area contributed by atoms with E-state index in [0.717, 1.165) is 59.1 Å². The molecule has 3 N–H and O–H groups in total. The van der Waals surface area contributed by atoms with Crippen LogP contribution in [-0.4, -0.2) is 49.6 Å². The van der Waals surface area contributed by atoms with E-state index in [1.807, 2.05) is 38.1 Å². The number of hydrogen-bond acceptors (Lipinski definition) is 6. The van der Waals surface area contributed by atoms with Gasteiger partial charge in [0.15, 0.2) is 11.5 Å². The average Bonchev–Trinajstić information content (AvgIpc) is 3.32. The normalized spacial score (nSPS) is 20.4. The number of pyridine rings is 2. The monoisotopic (exact) mass is 505 g/mol. The minimum Gasteiger partial charge on any atom is -0.383 e. The van der Waals surface area contributed by atoms with Gasteiger partial charge < -0.3 is 11.1 Å². The van der Waals surface area contributed by atoms with Gasteiger partial charge in [0.05, 0.1) is 11.3 Å². The van der Waals surface area contributed by atoms with Crippen molar-refractivity contribution < 1.29 is 0 Å². The van der Waals surface area contributed by atoms with Crippen LogP contribution < -0.4 is 11.1 Å². The van der Waals surface area contributed by atoms with Crippen LogP contribution in [0.4, 0.5) is 5.82 Å². The number of anilines is 1. The predicted octanol–water partition coefficient (Wildman–Crippen LogP) is 5.37. The molecule has 38 heavy (non-hydrogen) atoms. The van der Waals surface area contributed by atoms with E-state index in [0.29, 0.717) is 17.9 Å². The summed E-state index contributed by atoms with van der Waals surface area (Å²) in [6.45, 7) is 9.33. The predicted molar refractivity (Wildman–Crippen MR) is 155 cm³/mol. The van der Waals surface area contributed by atoms with E-state index < -0.39 is 0 Å². The van der Waals surface area contributed by atoms with Crippen molar-refractivity contribution in [3.63, 3.8) is 0 Å². The average molecular weight is 506 g/mol. The third-order valence-corrected chi connectivity index (χ3v) is 7.69. The van der Waals surface area contributed by atoms with E-state index in [4.69, 9.17) is 15.7 Å². The van der Waals surface area contributed by atoms with Crippen molar-refractivity contribution in [3.05, 3.63) is 83.7 Å². The van der Waals surface area contributed by atoms with E-state index in [9.17, 15) is 0 Å². The van der Waals surface area contributed by atoms with Gasteiger partial charge in [-0.1, -0.05) is 26.0 Å². The molecule has 7 heteroatoms. The minimum atomic E-state index is 0.458. The Morgan fingerprint density at radius 3 is 2.47 bits per heavy atom. The van der Waals surface area contributed by atoms with E-state index in [1.54, 1.807) is 6.20 Å². The summed E-state index contributed by atoms with van der Waals surface area (Å²) >= 11 is 0. The molecule has 3 aromatic heterocycles. The highest BCUT2D eigenvalue weighted by molar-refractivity contribution is 5.87. The molecule has 2 atom stereocenters. The molecule has 3 fully saturated rings. The van der Waals surface area contributed by atoms with E-state index >= 15 is 0 Å². The number of nitrogens with one attached hydrogen (secondary N) is 1. The zero-order valence-electron chi connectivity index (χ0n) is 22.4. The molecule has 0 spiro atoms. The number of fused-ring (bicyclic) bond motifs is 4. The summed E-state index contributed by atoms with van der Waals surface area (Å²) in [5, 5.41) is 3.65. The van der Waals surface area contributed by atoms with Crippen LogP contribution in [0.3, 0.4) is 0 Å². The maximum Gasteiger partial charge on any atom is 0.165 e. The largest absolute Gasteiger partial charge is 0.383 e. The molecule has 3 aliphatic heterocycles. The second-order valence-electron chi connectivity index (χ2n) is 10.2. The van der Waals surface area contributed by atoms with E-state index in [1.165, 1.54) is 24.0 Å². The molecule has 7 nitrogen and oxygen atoms in total. The van der Waals surface area contributed by atoms with Gasteiger partial charge in [0.2, 0.25) is 0 Å². The molecule has 1 aliphatic carbocycles. The Hall–Kier alpha value is -3.81. The molecule has 1 aromatic carbocycles. The van der Waals surface area contributed by atoms with Crippen LogP contribution in [0.15, 0.2) is 72.5 Å². The van der Waals surface area contributed by atoms with Crippen molar-refractivity contribution in [1.82, 2.24) is 29.7 Å². The third-order valence-electron chi connectivity index (χ3n) is 7.69. The van der Waals surface area contributed by atoms with Gasteiger partial charge in [-0.25, -0.2) is 15.0 Å². The van der Waals surface area contributed by atoms with Gasteiger partial charge in [-0.3, -0.25) is 9.47 Å². The fourth-order valence-corrected chi connectivity index (χ4v) is 5.75. The van der Waals surface area contributed by atoms with Crippen molar-refractivity contribution in [1.29, 1.82) is 0 Å². The number of nitrogens with zero attached hydrogens (tertiary/aromatic N) is 5. The van der Waals surface area contributed by atoms with Crippen LogP contribution in [-0.2, 0) is 6.54 Å². The number of imidazole rings is 1. The van der Waals surface area contributed by atoms with Gasteiger partial charge in [-0.2, -0.15) is 0 Å². The quantitative estimate of drug-likeness (QED) is 0.379. The van der Waals surface area contributed by atoms with Crippen molar-refractivity contribution in [2.24, 2.45) is 0 Å². The van der Waals surface area contributed by atoms with Crippen LogP contribution in [0, 0.1) is 0 Å². The SMILES string of the molecule is CC.CC1=CC(c2ccc3nc(-c4cccnc4N)n(-c4ccc(CN5CC6CCC5CN6)cc4)c3n2)=C1. The van der Waals surface area contributed by atoms with Crippen LogP contribution in [0.2, 0.25) is 0 Å². The van der Waals surface area contributed by atoms with Crippen LogP contribution in [0.5, 0.6) is 0 Å². The molecular formula is C31H35N7. The van der Waals surface area contributed by atoms with Crippen LogP contribution in [0.25, 0.3) is 33.8 Å². The zero-order chi connectivity index (χ0) is 26.2. The van der Waals surface area contributed by atoms with Gasteiger partial charge in [0.25, 0.3) is 0 Å². The standard InChI is InChI=1S/C29H29N7.C2H6/c1-18-13-20(14-18)25-10-11-26-29(33-25)36(28(34-26)24-3-2-12-31-27(24)30)22-7-4-19(5-8-22)16-35-17-21-6-9-23(35)15-32-21;1-2/h2-5,7-8,10-14,21,23,32H,6,9,15-17H2,1H3,(H2,30,31);1-2H3. The highest BCUT2D eigenvalue weighted by Crippen LogP contribution is 2.33. The fourth-order valence-electron chi connectivity index (χ4n) is 5.75. The van der Waals surface area contributed by atoms with Gasteiger partial charge in [-0.15, -0.1) is 0 Å². The van der Waals surface area contributed by atoms with E-state index in [2.05, 4.69) is 63.1 Å². The van der Waals surface area contributed by atoms with Gasteiger partial charge in [0.1, 0.15) is 11.3 Å². The molecule has 6 heterocycles. The number of rotatable bonds is 5. The Bertz CT molecular complexity index is 1520. The summed E-state index contributed by atoms with van der Waals surface area (Å²) in [6, 6.07) is 18.0. The first-order chi connectivity index (χ1) is 18.6. The summed E-state index contributed by atoms with van der Waals surface area (Å²) in [5.74, 6) is 1.21. The zero-order valence-corrected chi connectivity index (χ0v) is 22.4. The lowest BCUT2D eigenvalue weighted by molar-refractivity contribution is 0.0685. The van der Waals surface area contributed by atoms with Crippen LogP contribution in [0.1, 0.15) is 44.9 Å². The molecule has 4 aromatic rings. The van der Waals surface area contributed by atoms with Crippen molar-refractivity contribution in [2.45, 2.75) is 52.2 Å². The lowest BCUT2D eigenvalue weighted by atomic mass is 9.92. The Kier molecular flexibility index (Phi) is 6.55. The first-order valence-electron chi connectivity index (χ1n) is 13.7. The van der Waals surface area contributed by atoms with Gasteiger partial charge in [0, 0.05) is 49.2 Å². The molecule has 2 unspecified atom stereocenters. The Morgan fingerprint density at radius 1 is 1.00 bits per heavy atom. The van der Waals surface area contributed by atoms with Crippen molar-refractivity contribution in [3.8, 4) is 17.1 Å². The number of nitrogens with two attached hydrogens (primary N) is 1.